The van der Waals surface area contributed by atoms with Crippen LogP contribution < -0.4 is 21.9 Å². The van der Waals surface area contributed by atoms with Crippen LogP contribution in [0.3, 0.4) is 0 Å². The summed E-state index contributed by atoms with van der Waals surface area (Å²) in [5.74, 6) is -2.98. The van der Waals surface area contributed by atoms with E-state index in [2.05, 4.69) is 25.8 Å². The first-order valence-electron chi connectivity index (χ1n) is 12.0. The Morgan fingerprint density at radius 2 is 1.92 bits per heavy atom. The summed E-state index contributed by atoms with van der Waals surface area (Å²) in [6, 6.07) is 3.06. The van der Waals surface area contributed by atoms with Crippen LogP contribution in [0.15, 0.2) is 23.0 Å². The molecule has 1 aliphatic heterocycles. The third-order valence-electron chi connectivity index (χ3n) is 6.37. The van der Waals surface area contributed by atoms with Gasteiger partial charge < -0.3 is 21.5 Å². The van der Waals surface area contributed by atoms with Crippen LogP contribution in [-0.4, -0.2) is 65.1 Å². The number of carbonyl (C=O) groups excluding carboxylic acids is 1. The molecule has 15 heteroatoms. The van der Waals surface area contributed by atoms with Gasteiger partial charge in [-0.05, 0) is 44.9 Å². The highest BCUT2D eigenvalue weighted by molar-refractivity contribution is 7.89. The summed E-state index contributed by atoms with van der Waals surface area (Å²) in [6.45, 7) is 3.22. The van der Waals surface area contributed by atoms with Crippen molar-refractivity contribution in [3.8, 4) is 0 Å². The van der Waals surface area contributed by atoms with Crippen LogP contribution in [0.2, 0.25) is 0 Å². The Balaban J connectivity index is 1.25. The van der Waals surface area contributed by atoms with Crippen molar-refractivity contribution < 1.29 is 22.0 Å². The van der Waals surface area contributed by atoms with Gasteiger partial charge in [-0.2, -0.15) is 0 Å². The summed E-state index contributed by atoms with van der Waals surface area (Å²) in [4.78, 5) is 28.4. The molecule has 0 radical (unpaired) electrons. The van der Waals surface area contributed by atoms with E-state index in [0.29, 0.717) is 56.1 Å². The van der Waals surface area contributed by atoms with Crippen molar-refractivity contribution in [1.29, 1.82) is 0 Å². The topological polar surface area (TPSA) is 166 Å². The molecule has 1 fully saturated rings. The van der Waals surface area contributed by atoms with Gasteiger partial charge in [-0.15, -0.1) is 0 Å². The maximum absolute atomic E-state index is 14.0. The smallest absolute Gasteiger partial charge is 0.268 e. The molecule has 1 aromatic carbocycles. The number of aromatic amines is 2. The molecule has 3 aromatic rings. The number of sulfonamides is 1. The number of nitrogens with two attached hydrogens (primary N) is 1. The third kappa shape index (κ3) is 6.28. The number of piperidine rings is 1. The van der Waals surface area contributed by atoms with E-state index in [0.717, 1.165) is 29.2 Å². The largest absolute Gasteiger partial charge is 0.382 e. The summed E-state index contributed by atoms with van der Waals surface area (Å²) in [6.07, 6.45) is 1.43. The fraction of sp³-hybridized carbons (Fsp3) is 0.435. The fourth-order valence-corrected chi connectivity index (χ4v) is 6.69. The van der Waals surface area contributed by atoms with Crippen molar-refractivity contribution in [2.45, 2.75) is 38.8 Å². The molecular formula is C23H29F2N7O4S2. The first kappa shape index (κ1) is 27.9. The number of H-pyrrole nitrogens is 2. The van der Waals surface area contributed by atoms with Gasteiger partial charge in [0.1, 0.15) is 22.3 Å². The van der Waals surface area contributed by atoms with Crippen molar-refractivity contribution in [3.63, 3.8) is 0 Å². The van der Waals surface area contributed by atoms with E-state index in [1.54, 1.807) is 6.92 Å². The van der Waals surface area contributed by atoms with Crippen LogP contribution in [0.1, 0.15) is 45.8 Å². The first-order chi connectivity index (χ1) is 18.1. The molecule has 38 heavy (non-hydrogen) atoms. The molecule has 0 unspecified atom stereocenters. The van der Waals surface area contributed by atoms with Crippen molar-refractivity contribution in [1.82, 2.24) is 24.8 Å². The number of thiazole rings is 1. The van der Waals surface area contributed by atoms with Crippen LogP contribution in [0.5, 0.6) is 0 Å². The SMILES string of the molecule is Cc1[nH][nH]c(=O)c1CNCCCS(=O)(=O)N1CCC(Nc2nc(N)c(C(=O)c3c(F)cccc3F)s2)CC1. The average molecular weight is 570 g/mol. The lowest BCUT2D eigenvalue weighted by molar-refractivity contribution is 0.103. The monoisotopic (exact) mass is 569 g/mol. The quantitative estimate of drug-likeness (QED) is 0.173. The fourth-order valence-electron chi connectivity index (χ4n) is 4.24. The maximum atomic E-state index is 14.0. The highest BCUT2D eigenvalue weighted by Crippen LogP contribution is 2.30. The first-order valence-corrected chi connectivity index (χ1v) is 14.5. The molecule has 11 nitrogen and oxygen atoms in total. The Bertz CT molecular complexity index is 1440. The zero-order chi connectivity index (χ0) is 27.4. The van der Waals surface area contributed by atoms with E-state index >= 15 is 0 Å². The number of nitrogen functional groups attached to an aromatic ring is 1. The van der Waals surface area contributed by atoms with Crippen molar-refractivity contribution in [2.75, 3.05) is 36.4 Å². The zero-order valence-electron chi connectivity index (χ0n) is 20.6. The van der Waals surface area contributed by atoms with Gasteiger partial charge in [-0.25, -0.2) is 26.5 Å². The predicted molar refractivity (Wildman–Crippen MR) is 141 cm³/mol. The highest BCUT2D eigenvalue weighted by Gasteiger charge is 2.29. The second-order valence-corrected chi connectivity index (χ2v) is 12.1. The molecule has 1 aliphatic rings. The van der Waals surface area contributed by atoms with Crippen LogP contribution in [0, 0.1) is 18.6 Å². The Labute approximate surface area is 221 Å². The molecule has 0 aliphatic carbocycles. The van der Waals surface area contributed by atoms with Crippen LogP contribution in [0.4, 0.5) is 19.7 Å². The number of nitrogens with zero attached hydrogens (tertiary/aromatic N) is 2. The number of ketones is 1. The molecule has 0 spiro atoms. The van der Waals surface area contributed by atoms with Gasteiger partial charge >= 0.3 is 0 Å². The van der Waals surface area contributed by atoms with Crippen LogP contribution >= 0.6 is 11.3 Å². The highest BCUT2D eigenvalue weighted by atomic mass is 32.2. The number of hydrogen-bond donors (Lipinski definition) is 5. The zero-order valence-corrected chi connectivity index (χ0v) is 22.3. The Morgan fingerprint density at radius 3 is 2.55 bits per heavy atom. The third-order valence-corrected chi connectivity index (χ3v) is 9.33. The minimum atomic E-state index is -3.44. The van der Waals surface area contributed by atoms with E-state index < -0.39 is 33.0 Å². The van der Waals surface area contributed by atoms with Gasteiger partial charge in [0.25, 0.3) is 5.56 Å². The van der Waals surface area contributed by atoms with E-state index in [-0.39, 0.29) is 28.0 Å². The number of hydrogen-bond acceptors (Lipinski definition) is 9. The van der Waals surface area contributed by atoms with Crippen LogP contribution in [-0.2, 0) is 16.6 Å². The van der Waals surface area contributed by atoms with Crippen molar-refractivity contribution in [2.24, 2.45) is 0 Å². The van der Waals surface area contributed by atoms with E-state index in [9.17, 15) is 26.8 Å². The van der Waals surface area contributed by atoms with Gasteiger partial charge in [-0.1, -0.05) is 17.4 Å². The Kier molecular flexibility index (Phi) is 8.60. The molecule has 0 atom stereocenters. The second-order valence-electron chi connectivity index (χ2n) is 9.01. The minimum absolute atomic E-state index is 0.0122. The van der Waals surface area contributed by atoms with Gasteiger partial charge in [-0.3, -0.25) is 14.7 Å². The molecule has 0 amide bonds. The number of aromatic nitrogens is 3. The van der Waals surface area contributed by atoms with Gasteiger partial charge in [0.15, 0.2) is 5.13 Å². The lowest BCUT2D eigenvalue weighted by Gasteiger charge is -2.31. The molecule has 206 valence electrons. The summed E-state index contributed by atoms with van der Waals surface area (Å²) in [5, 5.41) is 11.8. The van der Waals surface area contributed by atoms with E-state index in [1.807, 2.05) is 0 Å². The molecule has 1 saturated heterocycles. The lowest BCUT2D eigenvalue weighted by atomic mass is 10.1. The second kappa shape index (κ2) is 11.7. The lowest BCUT2D eigenvalue weighted by Crippen LogP contribution is -2.43. The number of anilines is 2. The average Bonchev–Trinajstić information content (AvgIpc) is 3.39. The van der Waals surface area contributed by atoms with Crippen molar-refractivity contribution >= 4 is 38.1 Å². The molecule has 0 bridgehead atoms. The molecule has 0 saturated carbocycles. The standard InChI is InChI=1S/C23H29F2N7O4S2/c1-13-15(22(34)31-30-13)12-27-8-3-11-38(35,36)32-9-6-14(7-10-32)28-23-29-21(26)20(37-23)19(33)18-16(24)4-2-5-17(18)25/h2,4-5,14,27H,3,6-12,26H2,1H3,(H,28,29)(H2,30,31,34). The number of nitrogens with one attached hydrogen (secondary N) is 4. The van der Waals surface area contributed by atoms with E-state index in [4.69, 9.17) is 5.73 Å². The summed E-state index contributed by atoms with van der Waals surface area (Å²) in [7, 11) is -3.44. The Hall–Kier alpha value is -3.14. The molecule has 3 heterocycles. The van der Waals surface area contributed by atoms with Gasteiger partial charge in [0, 0.05) is 31.4 Å². The number of benzene rings is 1. The normalized spacial score (nSPS) is 15.1. The number of halogens is 2. The molecule has 6 N–H and O–H groups in total. The summed E-state index contributed by atoms with van der Waals surface area (Å²) in [5.41, 5.74) is 6.32. The van der Waals surface area contributed by atoms with Gasteiger partial charge in [0.05, 0.1) is 16.9 Å². The van der Waals surface area contributed by atoms with E-state index in [1.165, 1.54) is 10.4 Å². The molecular weight excluding hydrogens is 540 g/mol. The number of aryl methyl sites for hydroxylation is 1. The summed E-state index contributed by atoms with van der Waals surface area (Å²) >= 11 is 0.904. The number of rotatable bonds is 11. The molecule has 4 rings (SSSR count). The minimum Gasteiger partial charge on any atom is -0.382 e. The summed E-state index contributed by atoms with van der Waals surface area (Å²) < 4.78 is 55.0. The molecule has 2 aromatic heterocycles. The van der Waals surface area contributed by atoms with Crippen LogP contribution in [0.25, 0.3) is 0 Å². The predicted octanol–water partition coefficient (Wildman–Crippen LogP) is 1.95. The Morgan fingerprint density at radius 1 is 1.24 bits per heavy atom. The number of carbonyl (C=O) groups is 1. The van der Waals surface area contributed by atoms with Crippen molar-refractivity contribution in [3.05, 3.63) is 61.9 Å². The maximum Gasteiger partial charge on any atom is 0.268 e. The van der Waals surface area contributed by atoms with Gasteiger partial charge in [0.2, 0.25) is 15.8 Å².